The molecule has 5 nitrogen and oxygen atoms in total. The van der Waals surface area contributed by atoms with E-state index < -0.39 is 50.7 Å². The Morgan fingerprint density at radius 1 is 1.12 bits per heavy atom. The molecule has 2 aromatic carbocycles. The Balaban J connectivity index is 1.75. The van der Waals surface area contributed by atoms with Gasteiger partial charge in [-0.05, 0) is 34.9 Å². The Kier molecular flexibility index (Phi) is 7.86. The summed E-state index contributed by atoms with van der Waals surface area (Å²) < 4.78 is 47.1. The summed E-state index contributed by atoms with van der Waals surface area (Å²) in [5.41, 5.74) is 1.34. The van der Waals surface area contributed by atoms with E-state index in [1.807, 2.05) is 25.7 Å². The maximum Gasteiger partial charge on any atom is 0.408 e. The van der Waals surface area contributed by atoms with Crippen molar-refractivity contribution in [1.29, 1.82) is 0 Å². The van der Waals surface area contributed by atoms with Gasteiger partial charge in [-0.15, -0.1) is 0 Å². The SMILES string of the molecule is C[Si](C)(C)c1ccc(NC(=O)C(NC(=O)OCc2ccccc2)C2=CCC(F)(F)CC2)cc1F. The zero-order chi connectivity index (χ0) is 24.9. The van der Waals surface area contributed by atoms with Gasteiger partial charge < -0.3 is 15.4 Å². The minimum atomic E-state index is -2.85. The van der Waals surface area contributed by atoms with E-state index in [4.69, 9.17) is 4.74 Å². The minimum Gasteiger partial charge on any atom is -0.445 e. The monoisotopic (exact) mass is 490 g/mol. The van der Waals surface area contributed by atoms with Crippen molar-refractivity contribution in [3.8, 4) is 0 Å². The van der Waals surface area contributed by atoms with Crippen LogP contribution in [0.1, 0.15) is 24.8 Å². The normalized spacial score (nSPS) is 16.2. The molecule has 0 heterocycles. The molecular formula is C25H29F3N2O3Si. The lowest BCUT2D eigenvalue weighted by molar-refractivity contribution is -0.117. The van der Waals surface area contributed by atoms with Crippen LogP contribution in [0.25, 0.3) is 0 Å². The number of rotatable bonds is 7. The van der Waals surface area contributed by atoms with Crippen LogP contribution in [0.5, 0.6) is 0 Å². The molecule has 0 aromatic heterocycles. The zero-order valence-electron chi connectivity index (χ0n) is 19.5. The summed E-state index contributed by atoms with van der Waals surface area (Å²) in [6, 6.07) is 12.2. The average molecular weight is 491 g/mol. The molecule has 0 spiro atoms. The van der Waals surface area contributed by atoms with Gasteiger partial charge in [-0.2, -0.15) is 0 Å². The number of hydrogen-bond acceptors (Lipinski definition) is 3. The van der Waals surface area contributed by atoms with Gasteiger partial charge in [-0.3, -0.25) is 4.79 Å². The number of allylic oxidation sites excluding steroid dienone is 1. The summed E-state index contributed by atoms with van der Waals surface area (Å²) >= 11 is 0. The standard InChI is InChI=1S/C25H29F3N2O3Si/c1-34(2,3)21-10-9-19(15-20(21)26)29-23(31)22(18-11-13-25(27,28)14-12-18)30-24(32)33-16-17-7-5-4-6-8-17/h4-11,15,22H,12-14,16H2,1-3H3,(H,29,31)(H,30,32). The molecule has 0 bridgehead atoms. The third-order valence-electron chi connectivity index (χ3n) is 5.59. The highest BCUT2D eigenvalue weighted by molar-refractivity contribution is 6.88. The lowest BCUT2D eigenvalue weighted by Gasteiger charge is -2.27. The zero-order valence-corrected chi connectivity index (χ0v) is 20.5. The number of nitrogens with one attached hydrogen (secondary N) is 2. The van der Waals surface area contributed by atoms with E-state index in [9.17, 15) is 22.8 Å². The average Bonchev–Trinajstić information content (AvgIpc) is 2.76. The van der Waals surface area contributed by atoms with Crippen LogP contribution in [0.3, 0.4) is 0 Å². The second-order valence-corrected chi connectivity index (χ2v) is 14.5. The van der Waals surface area contributed by atoms with Crippen LogP contribution < -0.4 is 15.8 Å². The van der Waals surface area contributed by atoms with E-state index in [1.54, 1.807) is 36.4 Å². The van der Waals surface area contributed by atoms with Gasteiger partial charge in [0.25, 0.3) is 11.8 Å². The largest absolute Gasteiger partial charge is 0.445 e. The van der Waals surface area contributed by atoms with Crippen molar-refractivity contribution in [2.45, 2.75) is 57.5 Å². The van der Waals surface area contributed by atoms with Gasteiger partial charge in [0.1, 0.15) is 18.5 Å². The van der Waals surface area contributed by atoms with Crippen molar-refractivity contribution < 1.29 is 27.5 Å². The first-order valence-corrected chi connectivity index (χ1v) is 14.6. The molecule has 1 aliphatic rings. The Labute approximate surface area is 198 Å². The van der Waals surface area contributed by atoms with Crippen molar-refractivity contribution in [3.63, 3.8) is 0 Å². The maximum absolute atomic E-state index is 14.6. The van der Waals surface area contributed by atoms with Crippen molar-refractivity contribution in [1.82, 2.24) is 5.32 Å². The summed E-state index contributed by atoms with van der Waals surface area (Å²) in [7, 11) is -1.90. The third kappa shape index (κ3) is 6.96. The van der Waals surface area contributed by atoms with Crippen molar-refractivity contribution in [2.24, 2.45) is 0 Å². The van der Waals surface area contributed by atoms with Crippen molar-refractivity contribution in [2.75, 3.05) is 5.32 Å². The molecule has 1 atom stereocenters. The van der Waals surface area contributed by atoms with Gasteiger partial charge in [0.2, 0.25) is 0 Å². The summed E-state index contributed by atoms with van der Waals surface area (Å²) in [5.74, 6) is -3.93. The molecule has 0 aliphatic heterocycles. The second-order valence-electron chi connectivity index (χ2n) is 9.41. The van der Waals surface area contributed by atoms with E-state index >= 15 is 0 Å². The fraction of sp³-hybridized carbons (Fsp3) is 0.360. The van der Waals surface area contributed by atoms with Gasteiger partial charge in [0.15, 0.2) is 0 Å². The first-order valence-electron chi connectivity index (χ1n) is 11.1. The van der Waals surface area contributed by atoms with E-state index in [-0.39, 0.29) is 18.7 Å². The lowest BCUT2D eigenvalue weighted by Crippen LogP contribution is -2.46. The molecule has 0 radical (unpaired) electrons. The number of carbonyl (C=O) groups is 2. The van der Waals surface area contributed by atoms with E-state index in [1.165, 1.54) is 12.1 Å². The molecule has 182 valence electrons. The molecule has 2 amide bonds. The number of carbonyl (C=O) groups excluding carboxylic acids is 2. The van der Waals surface area contributed by atoms with Crippen LogP contribution in [0.4, 0.5) is 23.7 Å². The molecule has 0 fully saturated rings. The molecule has 2 N–H and O–H groups in total. The Hall–Kier alpha value is -3.07. The number of hydrogen-bond donors (Lipinski definition) is 2. The van der Waals surface area contributed by atoms with Crippen molar-refractivity contribution in [3.05, 3.63) is 71.6 Å². The Morgan fingerprint density at radius 2 is 1.82 bits per heavy atom. The molecular weight excluding hydrogens is 461 g/mol. The number of anilines is 1. The number of amides is 2. The quantitative estimate of drug-likeness (QED) is 0.406. The molecule has 9 heteroatoms. The van der Waals surface area contributed by atoms with Gasteiger partial charge >= 0.3 is 6.09 Å². The molecule has 3 rings (SSSR count). The van der Waals surface area contributed by atoms with Gasteiger partial charge in [0.05, 0.1) is 8.07 Å². The number of benzene rings is 2. The van der Waals surface area contributed by atoms with Crippen LogP contribution in [0.15, 0.2) is 60.2 Å². The number of halogens is 3. The fourth-order valence-electron chi connectivity index (χ4n) is 3.70. The highest BCUT2D eigenvalue weighted by atomic mass is 28.3. The van der Waals surface area contributed by atoms with Crippen LogP contribution >= 0.6 is 0 Å². The van der Waals surface area contributed by atoms with Gasteiger partial charge in [-0.1, -0.05) is 62.1 Å². The first-order chi connectivity index (χ1) is 15.9. The number of alkyl halides is 2. The summed E-state index contributed by atoms with van der Waals surface area (Å²) in [6.45, 7) is 6.02. The highest BCUT2D eigenvalue weighted by Crippen LogP contribution is 2.33. The van der Waals surface area contributed by atoms with Crippen LogP contribution in [0.2, 0.25) is 19.6 Å². The molecule has 2 aromatic rings. The second kappa shape index (κ2) is 10.5. The topological polar surface area (TPSA) is 67.4 Å². The van der Waals surface area contributed by atoms with Gasteiger partial charge in [-0.25, -0.2) is 18.0 Å². The summed E-state index contributed by atoms with van der Waals surface area (Å²) in [5, 5.41) is 5.70. The fourth-order valence-corrected chi connectivity index (χ4v) is 5.07. The predicted molar refractivity (Wildman–Crippen MR) is 128 cm³/mol. The first kappa shape index (κ1) is 25.5. The molecule has 0 saturated heterocycles. The predicted octanol–water partition coefficient (Wildman–Crippen LogP) is 5.35. The lowest BCUT2D eigenvalue weighted by atomic mass is 9.91. The Morgan fingerprint density at radius 3 is 2.41 bits per heavy atom. The van der Waals surface area contributed by atoms with Crippen LogP contribution in [0, 0.1) is 5.82 Å². The molecule has 0 saturated carbocycles. The highest BCUT2D eigenvalue weighted by Gasteiger charge is 2.35. The smallest absolute Gasteiger partial charge is 0.408 e. The van der Waals surface area contributed by atoms with Crippen LogP contribution in [-0.4, -0.2) is 32.0 Å². The van der Waals surface area contributed by atoms with Crippen molar-refractivity contribution >= 4 is 30.9 Å². The van der Waals surface area contributed by atoms with Crippen LogP contribution in [-0.2, 0) is 16.1 Å². The third-order valence-corrected chi connectivity index (χ3v) is 7.62. The number of alkyl carbamates (subject to hydrolysis) is 1. The maximum atomic E-state index is 14.6. The molecule has 1 unspecified atom stereocenters. The summed E-state index contributed by atoms with van der Waals surface area (Å²) in [4.78, 5) is 25.5. The summed E-state index contributed by atoms with van der Waals surface area (Å²) in [6.07, 6.45) is -0.593. The minimum absolute atomic E-state index is 0.0124. The molecule has 34 heavy (non-hydrogen) atoms. The Bertz CT molecular complexity index is 1070. The van der Waals surface area contributed by atoms with E-state index in [0.717, 1.165) is 5.56 Å². The van der Waals surface area contributed by atoms with E-state index in [2.05, 4.69) is 10.6 Å². The number of ether oxygens (including phenoxy) is 1. The van der Waals surface area contributed by atoms with Gasteiger partial charge in [0, 0.05) is 18.5 Å². The molecule has 1 aliphatic carbocycles. The van der Waals surface area contributed by atoms with E-state index in [0.29, 0.717) is 10.8 Å².